The molecule has 0 spiro atoms. The number of hydrogen-bond acceptors (Lipinski definition) is 4. The first-order valence-corrected chi connectivity index (χ1v) is 10.2. The smallest absolute Gasteiger partial charge is 0.226 e. The van der Waals surface area contributed by atoms with E-state index in [1.807, 2.05) is 54.6 Å². The molecule has 5 heteroatoms. The highest BCUT2D eigenvalue weighted by atomic mass is 16.3. The standard InChI is InChI=1S/C24H30N2O3/c1-24(2,29)18-26(16-19-6-4-3-5-7-19)23(28)21-12-14-25(15-13-21)22-10-8-20(17-27)9-11-22/h3-11,17,21,29H,12-16,18H2,1-2H3. The highest BCUT2D eigenvalue weighted by Crippen LogP contribution is 2.26. The molecule has 0 saturated carbocycles. The van der Waals surface area contributed by atoms with E-state index in [-0.39, 0.29) is 11.8 Å². The first-order chi connectivity index (χ1) is 13.9. The van der Waals surface area contributed by atoms with Crippen LogP contribution in [0.4, 0.5) is 5.69 Å². The molecule has 29 heavy (non-hydrogen) atoms. The Morgan fingerprint density at radius 3 is 2.28 bits per heavy atom. The van der Waals surface area contributed by atoms with Crippen molar-refractivity contribution in [2.45, 2.75) is 38.8 Å². The van der Waals surface area contributed by atoms with Gasteiger partial charge in [0.05, 0.1) is 5.60 Å². The SMILES string of the molecule is CC(C)(O)CN(Cc1ccccc1)C(=O)C1CCN(c2ccc(C=O)cc2)CC1. The van der Waals surface area contributed by atoms with Crippen LogP contribution in [0, 0.1) is 5.92 Å². The lowest BCUT2D eigenvalue weighted by molar-refractivity contribution is -0.140. The van der Waals surface area contributed by atoms with Crippen molar-refractivity contribution in [3.63, 3.8) is 0 Å². The monoisotopic (exact) mass is 394 g/mol. The second-order valence-electron chi connectivity index (χ2n) is 8.46. The lowest BCUT2D eigenvalue weighted by atomic mass is 9.94. The van der Waals surface area contributed by atoms with Gasteiger partial charge in [0.15, 0.2) is 0 Å². The van der Waals surface area contributed by atoms with Crippen molar-refractivity contribution in [3.05, 3.63) is 65.7 Å². The Kier molecular flexibility index (Phi) is 6.70. The van der Waals surface area contributed by atoms with Crippen molar-refractivity contribution < 1.29 is 14.7 Å². The number of nitrogens with zero attached hydrogens (tertiary/aromatic N) is 2. The maximum absolute atomic E-state index is 13.3. The summed E-state index contributed by atoms with van der Waals surface area (Å²) in [7, 11) is 0. The first kappa shape index (κ1) is 21.1. The third kappa shape index (κ3) is 5.91. The topological polar surface area (TPSA) is 60.9 Å². The number of aldehydes is 1. The van der Waals surface area contributed by atoms with Gasteiger partial charge in [-0.05, 0) is 56.5 Å². The van der Waals surface area contributed by atoms with E-state index >= 15 is 0 Å². The average molecular weight is 395 g/mol. The molecule has 0 radical (unpaired) electrons. The molecule has 1 saturated heterocycles. The number of anilines is 1. The van der Waals surface area contributed by atoms with Gasteiger partial charge in [0.25, 0.3) is 0 Å². The lowest BCUT2D eigenvalue weighted by Crippen LogP contribution is -2.47. The van der Waals surface area contributed by atoms with Crippen molar-refractivity contribution in [1.82, 2.24) is 4.90 Å². The molecule has 0 aromatic heterocycles. The van der Waals surface area contributed by atoms with Crippen LogP contribution in [-0.4, -0.2) is 47.4 Å². The van der Waals surface area contributed by atoms with Crippen molar-refractivity contribution in [2.24, 2.45) is 5.92 Å². The summed E-state index contributed by atoms with van der Waals surface area (Å²) in [6.07, 6.45) is 2.41. The lowest BCUT2D eigenvalue weighted by Gasteiger charge is -2.37. The average Bonchev–Trinajstić information content (AvgIpc) is 2.73. The summed E-state index contributed by atoms with van der Waals surface area (Å²) < 4.78 is 0. The summed E-state index contributed by atoms with van der Waals surface area (Å²) in [5.41, 5.74) is 1.88. The van der Waals surface area contributed by atoms with Crippen LogP contribution < -0.4 is 4.90 Å². The molecule has 5 nitrogen and oxygen atoms in total. The van der Waals surface area contributed by atoms with E-state index in [9.17, 15) is 14.7 Å². The number of hydrogen-bond donors (Lipinski definition) is 1. The van der Waals surface area contributed by atoms with Crippen LogP contribution in [0.5, 0.6) is 0 Å². The van der Waals surface area contributed by atoms with E-state index in [2.05, 4.69) is 4.90 Å². The Bertz CT molecular complexity index is 804. The zero-order chi connectivity index (χ0) is 20.9. The molecular formula is C24H30N2O3. The third-order valence-electron chi connectivity index (χ3n) is 5.34. The molecule has 0 aliphatic carbocycles. The summed E-state index contributed by atoms with van der Waals surface area (Å²) in [6, 6.07) is 17.5. The number of piperidine rings is 1. The van der Waals surface area contributed by atoms with Gasteiger partial charge in [0.2, 0.25) is 5.91 Å². The van der Waals surface area contributed by atoms with Gasteiger partial charge in [-0.3, -0.25) is 9.59 Å². The van der Waals surface area contributed by atoms with Gasteiger partial charge in [-0.1, -0.05) is 30.3 Å². The summed E-state index contributed by atoms with van der Waals surface area (Å²) in [5.74, 6) is 0.0819. The van der Waals surface area contributed by atoms with Crippen LogP contribution >= 0.6 is 0 Å². The highest BCUT2D eigenvalue weighted by molar-refractivity contribution is 5.79. The molecule has 1 N–H and O–H groups in total. The third-order valence-corrected chi connectivity index (χ3v) is 5.34. The maximum Gasteiger partial charge on any atom is 0.226 e. The van der Waals surface area contributed by atoms with E-state index < -0.39 is 5.60 Å². The second-order valence-corrected chi connectivity index (χ2v) is 8.46. The molecule has 154 valence electrons. The Hall–Kier alpha value is -2.66. The van der Waals surface area contributed by atoms with Gasteiger partial charge in [-0.2, -0.15) is 0 Å². The zero-order valence-electron chi connectivity index (χ0n) is 17.3. The van der Waals surface area contributed by atoms with Crippen molar-refractivity contribution in [3.8, 4) is 0 Å². The van der Waals surface area contributed by atoms with E-state index in [4.69, 9.17) is 0 Å². The molecule has 2 aromatic rings. The van der Waals surface area contributed by atoms with Crippen LogP contribution in [0.2, 0.25) is 0 Å². The summed E-state index contributed by atoms with van der Waals surface area (Å²) in [4.78, 5) is 28.2. The van der Waals surface area contributed by atoms with Gasteiger partial charge < -0.3 is 14.9 Å². The number of amides is 1. The van der Waals surface area contributed by atoms with Crippen LogP contribution in [0.1, 0.15) is 42.6 Å². The molecule has 0 atom stereocenters. The Labute approximate surface area is 172 Å². The number of carbonyl (C=O) groups is 2. The van der Waals surface area contributed by atoms with E-state index in [0.717, 1.165) is 43.5 Å². The Morgan fingerprint density at radius 2 is 1.72 bits per heavy atom. The molecule has 1 amide bonds. The van der Waals surface area contributed by atoms with E-state index in [1.54, 1.807) is 18.7 Å². The van der Waals surface area contributed by atoms with Gasteiger partial charge in [0, 0.05) is 43.3 Å². The number of benzene rings is 2. The first-order valence-electron chi connectivity index (χ1n) is 10.2. The number of aliphatic hydroxyl groups is 1. The molecular weight excluding hydrogens is 364 g/mol. The quantitative estimate of drug-likeness (QED) is 0.730. The fraction of sp³-hybridized carbons (Fsp3) is 0.417. The van der Waals surface area contributed by atoms with Gasteiger partial charge >= 0.3 is 0 Å². The predicted octanol–water partition coefficient (Wildman–Crippen LogP) is 3.52. The molecule has 1 aliphatic rings. The molecule has 0 unspecified atom stereocenters. The summed E-state index contributed by atoms with van der Waals surface area (Å²) in [6.45, 7) is 5.91. The minimum atomic E-state index is -0.939. The highest BCUT2D eigenvalue weighted by Gasteiger charge is 2.31. The number of carbonyl (C=O) groups excluding carboxylic acids is 2. The predicted molar refractivity (Wildman–Crippen MR) is 115 cm³/mol. The van der Waals surface area contributed by atoms with Gasteiger partial charge in [0.1, 0.15) is 6.29 Å². The van der Waals surface area contributed by atoms with Gasteiger partial charge in [-0.15, -0.1) is 0 Å². The minimum Gasteiger partial charge on any atom is -0.389 e. The minimum absolute atomic E-state index is 0.0356. The number of rotatable bonds is 7. The van der Waals surface area contributed by atoms with Crippen molar-refractivity contribution >= 4 is 17.9 Å². The molecule has 1 heterocycles. The maximum atomic E-state index is 13.3. The fourth-order valence-electron chi connectivity index (χ4n) is 3.89. The second kappa shape index (κ2) is 9.23. The van der Waals surface area contributed by atoms with E-state index in [0.29, 0.717) is 18.7 Å². The van der Waals surface area contributed by atoms with Crippen molar-refractivity contribution in [1.29, 1.82) is 0 Å². The summed E-state index contributed by atoms with van der Waals surface area (Å²) >= 11 is 0. The fourth-order valence-corrected chi connectivity index (χ4v) is 3.89. The Morgan fingerprint density at radius 1 is 1.10 bits per heavy atom. The Balaban J connectivity index is 1.64. The van der Waals surface area contributed by atoms with Crippen molar-refractivity contribution in [2.75, 3.05) is 24.5 Å². The van der Waals surface area contributed by atoms with E-state index in [1.165, 1.54) is 0 Å². The van der Waals surface area contributed by atoms with Gasteiger partial charge in [-0.25, -0.2) is 0 Å². The normalized spacial score (nSPS) is 15.2. The molecule has 2 aromatic carbocycles. The largest absolute Gasteiger partial charge is 0.389 e. The van der Waals surface area contributed by atoms with Crippen LogP contribution in [-0.2, 0) is 11.3 Å². The molecule has 1 fully saturated rings. The zero-order valence-corrected chi connectivity index (χ0v) is 17.3. The van der Waals surface area contributed by atoms with Crippen LogP contribution in [0.15, 0.2) is 54.6 Å². The molecule has 1 aliphatic heterocycles. The summed E-state index contributed by atoms with van der Waals surface area (Å²) in [5, 5.41) is 10.3. The van der Waals surface area contributed by atoms with Crippen LogP contribution in [0.3, 0.4) is 0 Å². The molecule has 3 rings (SSSR count). The molecule has 0 bridgehead atoms. The van der Waals surface area contributed by atoms with Crippen LogP contribution in [0.25, 0.3) is 0 Å².